The lowest BCUT2D eigenvalue weighted by molar-refractivity contribution is 0.0342. The van der Waals surface area contributed by atoms with Gasteiger partial charge in [-0.15, -0.1) is 0 Å². The Kier molecular flexibility index (Phi) is 7.35. The van der Waals surface area contributed by atoms with E-state index in [9.17, 15) is 4.79 Å². The van der Waals surface area contributed by atoms with Gasteiger partial charge in [-0.1, -0.05) is 24.8 Å². The number of nitrogens with one attached hydrogen (secondary N) is 1. The number of ether oxygens (including phenoxy) is 2. The van der Waals surface area contributed by atoms with E-state index in [1.807, 2.05) is 48.5 Å². The van der Waals surface area contributed by atoms with Crippen molar-refractivity contribution in [3.8, 4) is 5.75 Å². The van der Waals surface area contributed by atoms with Crippen LogP contribution in [0.2, 0.25) is 0 Å². The van der Waals surface area contributed by atoms with E-state index in [0.717, 1.165) is 44.2 Å². The quantitative estimate of drug-likeness (QED) is 0.435. The van der Waals surface area contributed by atoms with E-state index < -0.39 is 0 Å². The summed E-state index contributed by atoms with van der Waals surface area (Å²) in [6, 6.07) is 15.0. The Bertz CT molecular complexity index is 795. The maximum Gasteiger partial charge on any atom is 0.271 e. The number of nitrogens with zero attached hydrogens (tertiary/aromatic N) is 2. The minimum Gasteiger partial charge on any atom is -0.490 e. The van der Waals surface area contributed by atoms with Crippen LogP contribution in [0.3, 0.4) is 0 Å². The third-order valence-electron chi connectivity index (χ3n) is 4.35. The van der Waals surface area contributed by atoms with Crippen molar-refractivity contribution in [3.63, 3.8) is 0 Å². The van der Waals surface area contributed by atoms with Crippen molar-refractivity contribution in [2.24, 2.45) is 5.10 Å². The molecule has 0 atom stereocenters. The van der Waals surface area contributed by atoms with Crippen molar-refractivity contribution in [1.82, 2.24) is 10.3 Å². The van der Waals surface area contributed by atoms with Gasteiger partial charge in [0.25, 0.3) is 5.91 Å². The van der Waals surface area contributed by atoms with E-state index in [-0.39, 0.29) is 5.91 Å². The van der Waals surface area contributed by atoms with Gasteiger partial charge in [0, 0.05) is 25.2 Å². The smallest absolute Gasteiger partial charge is 0.271 e. The van der Waals surface area contributed by atoms with Crippen molar-refractivity contribution >= 4 is 12.1 Å². The number of hydrogen-bond acceptors (Lipinski definition) is 5. The molecule has 1 N–H and O–H groups in total. The van der Waals surface area contributed by atoms with Crippen molar-refractivity contribution < 1.29 is 14.3 Å². The number of carbonyl (C=O) groups excluding carboxylic acids is 1. The molecular weight excluding hydrogens is 354 g/mol. The molecule has 0 aliphatic carbocycles. The summed E-state index contributed by atoms with van der Waals surface area (Å²) in [5, 5.41) is 4.02. The minimum absolute atomic E-state index is 0.236. The summed E-state index contributed by atoms with van der Waals surface area (Å²) in [7, 11) is 0. The third kappa shape index (κ3) is 6.04. The predicted octanol–water partition coefficient (Wildman–Crippen LogP) is 2.85. The van der Waals surface area contributed by atoms with E-state index in [1.54, 1.807) is 12.3 Å². The van der Waals surface area contributed by atoms with E-state index in [2.05, 4.69) is 22.0 Å². The monoisotopic (exact) mass is 379 g/mol. The molecule has 6 heteroatoms. The fourth-order valence-corrected chi connectivity index (χ4v) is 2.81. The highest BCUT2D eigenvalue weighted by Gasteiger charge is 2.11. The number of amides is 1. The standard InChI is InChI=1S/C22H25N3O3/c1-2-13-28-21-9-5-18(6-10-21)16-23-24-22(26)20-7-3-19(4-8-20)17-25-11-14-27-15-12-25/h2-10,16H,1,11-15,17H2,(H,24,26). The second-order valence-electron chi connectivity index (χ2n) is 6.45. The van der Waals surface area contributed by atoms with Gasteiger partial charge in [-0.3, -0.25) is 9.69 Å². The average Bonchev–Trinajstić information content (AvgIpc) is 2.74. The Balaban J connectivity index is 1.48. The maximum absolute atomic E-state index is 12.2. The minimum atomic E-state index is -0.236. The van der Waals surface area contributed by atoms with Crippen LogP contribution in [0.25, 0.3) is 0 Å². The lowest BCUT2D eigenvalue weighted by atomic mass is 10.1. The van der Waals surface area contributed by atoms with Crippen LogP contribution in [0.4, 0.5) is 0 Å². The lowest BCUT2D eigenvalue weighted by Crippen LogP contribution is -2.35. The van der Waals surface area contributed by atoms with Crippen LogP contribution in [0.1, 0.15) is 21.5 Å². The molecule has 1 amide bonds. The summed E-state index contributed by atoms with van der Waals surface area (Å²) in [6.07, 6.45) is 3.29. The van der Waals surface area contributed by atoms with Crippen LogP contribution in [0, 0.1) is 0 Å². The molecule has 1 saturated heterocycles. The van der Waals surface area contributed by atoms with Gasteiger partial charge in [0.05, 0.1) is 19.4 Å². The van der Waals surface area contributed by atoms with Crippen LogP contribution >= 0.6 is 0 Å². The molecule has 1 heterocycles. The first kappa shape index (κ1) is 19.8. The average molecular weight is 379 g/mol. The molecule has 1 fully saturated rings. The number of morpholine rings is 1. The summed E-state index contributed by atoms with van der Waals surface area (Å²) in [6.45, 7) is 8.40. The second-order valence-corrected chi connectivity index (χ2v) is 6.45. The number of hydrazone groups is 1. The van der Waals surface area contributed by atoms with Gasteiger partial charge in [0.1, 0.15) is 12.4 Å². The Hall–Kier alpha value is -2.96. The van der Waals surface area contributed by atoms with Crippen molar-refractivity contribution in [2.45, 2.75) is 6.54 Å². The highest BCUT2D eigenvalue weighted by molar-refractivity contribution is 5.94. The molecule has 0 unspecified atom stereocenters. The molecule has 0 radical (unpaired) electrons. The Morgan fingerprint density at radius 2 is 1.86 bits per heavy atom. The van der Waals surface area contributed by atoms with Crippen LogP contribution < -0.4 is 10.2 Å². The molecule has 0 bridgehead atoms. The van der Waals surface area contributed by atoms with Gasteiger partial charge >= 0.3 is 0 Å². The molecule has 1 aliphatic heterocycles. The summed E-state index contributed by atoms with van der Waals surface area (Å²) in [5.74, 6) is 0.526. The molecule has 0 spiro atoms. The summed E-state index contributed by atoms with van der Waals surface area (Å²) in [4.78, 5) is 14.6. The Labute approximate surface area is 165 Å². The predicted molar refractivity (Wildman–Crippen MR) is 110 cm³/mol. The zero-order chi connectivity index (χ0) is 19.6. The van der Waals surface area contributed by atoms with Crippen molar-refractivity contribution in [2.75, 3.05) is 32.9 Å². The lowest BCUT2D eigenvalue weighted by Gasteiger charge is -2.26. The molecule has 28 heavy (non-hydrogen) atoms. The molecular formula is C22H25N3O3. The second kappa shape index (κ2) is 10.4. The highest BCUT2D eigenvalue weighted by Crippen LogP contribution is 2.11. The molecule has 1 aliphatic rings. The number of benzene rings is 2. The molecule has 6 nitrogen and oxygen atoms in total. The Morgan fingerprint density at radius 1 is 1.14 bits per heavy atom. The van der Waals surface area contributed by atoms with E-state index in [1.165, 1.54) is 5.56 Å². The maximum atomic E-state index is 12.2. The van der Waals surface area contributed by atoms with Crippen LogP contribution in [-0.2, 0) is 11.3 Å². The van der Waals surface area contributed by atoms with Gasteiger partial charge in [-0.25, -0.2) is 5.43 Å². The molecule has 2 aromatic carbocycles. The SMILES string of the molecule is C=CCOc1ccc(C=NNC(=O)c2ccc(CN3CCOCC3)cc2)cc1. The van der Waals surface area contributed by atoms with Crippen LogP contribution in [-0.4, -0.2) is 49.9 Å². The first-order valence-electron chi connectivity index (χ1n) is 9.31. The summed E-state index contributed by atoms with van der Waals surface area (Å²) < 4.78 is 10.8. The van der Waals surface area contributed by atoms with E-state index >= 15 is 0 Å². The number of hydrogen-bond donors (Lipinski definition) is 1. The number of carbonyl (C=O) groups is 1. The summed E-state index contributed by atoms with van der Waals surface area (Å²) >= 11 is 0. The van der Waals surface area contributed by atoms with Crippen LogP contribution in [0.15, 0.2) is 66.3 Å². The molecule has 0 aromatic heterocycles. The normalized spacial score (nSPS) is 14.7. The zero-order valence-corrected chi connectivity index (χ0v) is 15.8. The third-order valence-corrected chi connectivity index (χ3v) is 4.35. The molecule has 3 rings (SSSR count). The number of rotatable bonds is 8. The van der Waals surface area contributed by atoms with E-state index in [0.29, 0.717) is 12.2 Å². The van der Waals surface area contributed by atoms with E-state index in [4.69, 9.17) is 9.47 Å². The molecule has 146 valence electrons. The topological polar surface area (TPSA) is 63.2 Å². The largest absolute Gasteiger partial charge is 0.490 e. The van der Waals surface area contributed by atoms with Gasteiger partial charge in [-0.05, 0) is 47.5 Å². The first-order chi connectivity index (χ1) is 13.7. The van der Waals surface area contributed by atoms with Gasteiger partial charge in [0.15, 0.2) is 0 Å². The molecule has 0 saturated carbocycles. The fraction of sp³-hybridized carbons (Fsp3) is 0.273. The van der Waals surface area contributed by atoms with Gasteiger partial charge < -0.3 is 9.47 Å². The van der Waals surface area contributed by atoms with Crippen molar-refractivity contribution in [1.29, 1.82) is 0 Å². The van der Waals surface area contributed by atoms with Crippen molar-refractivity contribution in [3.05, 3.63) is 77.9 Å². The fourth-order valence-electron chi connectivity index (χ4n) is 2.81. The van der Waals surface area contributed by atoms with Crippen LogP contribution in [0.5, 0.6) is 5.75 Å². The van der Waals surface area contributed by atoms with Gasteiger partial charge in [-0.2, -0.15) is 5.10 Å². The first-order valence-corrected chi connectivity index (χ1v) is 9.31. The van der Waals surface area contributed by atoms with Gasteiger partial charge in [0.2, 0.25) is 0 Å². The Morgan fingerprint density at radius 3 is 2.54 bits per heavy atom. The highest BCUT2D eigenvalue weighted by atomic mass is 16.5. The molecule has 2 aromatic rings. The zero-order valence-electron chi connectivity index (χ0n) is 15.8. The summed E-state index contributed by atoms with van der Waals surface area (Å²) in [5.41, 5.74) is 5.18.